The first kappa shape index (κ1) is 15.2. The molecule has 1 fully saturated rings. The quantitative estimate of drug-likeness (QED) is 0.646. The number of aromatic nitrogens is 2. The fourth-order valence-corrected chi connectivity index (χ4v) is 4.41. The van der Waals surface area contributed by atoms with Crippen LogP contribution in [0.4, 0.5) is 10.8 Å². The summed E-state index contributed by atoms with van der Waals surface area (Å²) in [6.45, 7) is 0. The summed E-state index contributed by atoms with van der Waals surface area (Å²) in [5.74, 6) is 0. The first-order valence-corrected chi connectivity index (χ1v) is 8.87. The Labute approximate surface area is 136 Å². The van der Waals surface area contributed by atoms with Crippen molar-refractivity contribution in [2.75, 3.05) is 5.32 Å². The number of benzene rings is 1. The number of hydrogen-bond acceptors (Lipinski definition) is 7. The predicted molar refractivity (Wildman–Crippen MR) is 87.6 cm³/mol. The first-order chi connectivity index (χ1) is 10.7. The monoisotopic (exact) mass is 336 g/mol. The van der Waals surface area contributed by atoms with Gasteiger partial charge < -0.3 is 5.32 Å². The molecule has 0 amide bonds. The van der Waals surface area contributed by atoms with Crippen molar-refractivity contribution in [1.82, 2.24) is 10.2 Å². The largest absolute Gasteiger partial charge is 0.357 e. The van der Waals surface area contributed by atoms with Crippen molar-refractivity contribution < 1.29 is 4.92 Å². The molecule has 1 aliphatic carbocycles. The maximum atomic E-state index is 11.0. The van der Waals surface area contributed by atoms with E-state index in [0.717, 1.165) is 5.13 Å². The Bertz CT molecular complexity index is 656. The molecule has 22 heavy (non-hydrogen) atoms. The molecule has 0 atom stereocenters. The van der Waals surface area contributed by atoms with Crippen LogP contribution in [0.15, 0.2) is 33.5 Å². The van der Waals surface area contributed by atoms with Gasteiger partial charge in [0.2, 0.25) is 5.13 Å². The van der Waals surface area contributed by atoms with E-state index in [4.69, 9.17) is 0 Å². The minimum absolute atomic E-state index is 0.101. The molecule has 1 N–H and O–H groups in total. The highest BCUT2D eigenvalue weighted by Gasteiger charge is 2.18. The zero-order valence-corrected chi connectivity index (χ0v) is 13.5. The van der Waals surface area contributed by atoms with E-state index in [-0.39, 0.29) is 10.6 Å². The molecule has 1 aromatic heterocycles. The van der Waals surface area contributed by atoms with Crippen LogP contribution in [0.3, 0.4) is 0 Å². The Balaban J connectivity index is 1.68. The minimum Gasteiger partial charge on any atom is -0.357 e. The lowest BCUT2D eigenvalue weighted by Gasteiger charge is -2.21. The average Bonchev–Trinajstić information content (AvgIpc) is 2.96. The molecule has 8 heteroatoms. The molecule has 1 aromatic carbocycles. The minimum atomic E-state index is -0.370. The predicted octanol–water partition coefficient (Wildman–Crippen LogP) is 4.34. The summed E-state index contributed by atoms with van der Waals surface area (Å²) in [5, 5.41) is 23.5. The molecule has 0 saturated heterocycles. The third kappa shape index (κ3) is 3.75. The van der Waals surface area contributed by atoms with Crippen molar-refractivity contribution >= 4 is 33.9 Å². The standard InChI is InChI=1S/C14H16N4O2S2/c19-18(20)11-8-4-5-9-12(11)21-14-17-16-13(22-14)15-10-6-2-1-3-7-10/h4-5,8-10H,1-3,6-7H2,(H,15,16). The van der Waals surface area contributed by atoms with E-state index < -0.39 is 0 Å². The summed E-state index contributed by atoms with van der Waals surface area (Å²) in [7, 11) is 0. The van der Waals surface area contributed by atoms with Gasteiger partial charge in [-0.25, -0.2) is 0 Å². The topological polar surface area (TPSA) is 81.0 Å². The number of nitrogens with one attached hydrogen (secondary N) is 1. The zero-order valence-electron chi connectivity index (χ0n) is 11.9. The second-order valence-electron chi connectivity index (χ2n) is 5.18. The number of nitrogens with zero attached hydrogens (tertiary/aromatic N) is 3. The van der Waals surface area contributed by atoms with Crippen molar-refractivity contribution in [2.24, 2.45) is 0 Å². The molecule has 2 aromatic rings. The summed E-state index contributed by atoms with van der Waals surface area (Å²) < 4.78 is 0.715. The van der Waals surface area contributed by atoms with Crippen LogP contribution in [0.1, 0.15) is 32.1 Å². The van der Waals surface area contributed by atoms with Gasteiger partial charge in [-0.2, -0.15) is 0 Å². The van der Waals surface area contributed by atoms with Crippen LogP contribution in [-0.2, 0) is 0 Å². The van der Waals surface area contributed by atoms with Crippen LogP contribution < -0.4 is 5.32 Å². The number of anilines is 1. The van der Waals surface area contributed by atoms with Crippen LogP contribution in [0.25, 0.3) is 0 Å². The van der Waals surface area contributed by atoms with Gasteiger partial charge in [-0.3, -0.25) is 10.1 Å². The lowest BCUT2D eigenvalue weighted by molar-refractivity contribution is -0.387. The second kappa shape index (κ2) is 7.06. The normalized spacial score (nSPS) is 15.6. The van der Waals surface area contributed by atoms with Gasteiger partial charge in [0.05, 0.1) is 9.82 Å². The molecule has 1 heterocycles. The average molecular weight is 336 g/mol. The molecule has 0 spiro atoms. The third-order valence-corrected chi connectivity index (χ3v) is 5.57. The zero-order chi connectivity index (χ0) is 15.4. The first-order valence-electron chi connectivity index (χ1n) is 7.23. The van der Waals surface area contributed by atoms with E-state index in [2.05, 4.69) is 15.5 Å². The lowest BCUT2D eigenvalue weighted by Crippen LogP contribution is -2.21. The van der Waals surface area contributed by atoms with Gasteiger partial charge >= 0.3 is 0 Å². The molecule has 1 aliphatic rings. The Morgan fingerprint density at radius 2 is 2.00 bits per heavy atom. The molecular formula is C14H16N4O2S2. The SMILES string of the molecule is O=[N+]([O-])c1ccccc1Sc1nnc(NC2CCCCC2)s1. The molecule has 3 rings (SSSR count). The van der Waals surface area contributed by atoms with E-state index in [1.165, 1.54) is 61.3 Å². The molecular weight excluding hydrogens is 320 g/mol. The van der Waals surface area contributed by atoms with Gasteiger partial charge in [-0.05, 0) is 30.7 Å². The Hall–Kier alpha value is -1.67. The van der Waals surface area contributed by atoms with Gasteiger partial charge in [0.15, 0.2) is 4.34 Å². The number of rotatable bonds is 5. The maximum absolute atomic E-state index is 11.0. The molecule has 0 bridgehead atoms. The molecule has 116 valence electrons. The number of para-hydroxylation sites is 1. The fourth-order valence-electron chi connectivity index (χ4n) is 2.52. The van der Waals surface area contributed by atoms with Crippen molar-refractivity contribution in [3.63, 3.8) is 0 Å². The highest BCUT2D eigenvalue weighted by atomic mass is 32.2. The molecule has 0 aliphatic heterocycles. The van der Waals surface area contributed by atoms with Crippen molar-refractivity contribution in [3.05, 3.63) is 34.4 Å². The third-order valence-electron chi connectivity index (χ3n) is 3.60. The van der Waals surface area contributed by atoms with Crippen molar-refractivity contribution in [1.29, 1.82) is 0 Å². The van der Waals surface area contributed by atoms with Crippen LogP contribution in [0, 0.1) is 10.1 Å². The lowest BCUT2D eigenvalue weighted by atomic mass is 9.96. The van der Waals surface area contributed by atoms with E-state index in [9.17, 15) is 10.1 Å². The van der Waals surface area contributed by atoms with E-state index >= 15 is 0 Å². The Morgan fingerprint density at radius 1 is 1.23 bits per heavy atom. The number of nitro benzene ring substituents is 1. The summed E-state index contributed by atoms with van der Waals surface area (Å²) >= 11 is 2.74. The summed E-state index contributed by atoms with van der Waals surface area (Å²) in [6, 6.07) is 7.17. The van der Waals surface area contributed by atoms with Crippen LogP contribution in [-0.4, -0.2) is 21.2 Å². The molecule has 1 saturated carbocycles. The fraction of sp³-hybridized carbons (Fsp3) is 0.429. The van der Waals surface area contributed by atoms with Crippen molar-refractivity contribution in [2.45, 2.75) is 47.4 Å². The maximum Gasteiger partial charge on any atom is 0.283 e. The molecule has 0 unspecified atom stereocenters. The number of hydrogen-bond donors (Lipinski definition) is 1. The van der Waals surface area contributed by atoms with Crippen LogP contribution >= 0.6 is 23.1 Å². The van der Waals surface area contributed by atoms with Gasteiger partial charge in [-0.15, -0.1) is 10.2 Å². The molecule has 0 radical (unpaired) electrons. The Kier molecular flexibility index (Phi) is 4.89. The van der Waals surface area contributed by atoms with Gasteiger partial charge in [0.1, 0.15) is 0 Å². The van der Waals surface area contributed by atoms with Crippen molar-refractivity contribution in [3.8, 4) is 0 Å². The second-order valence-corrected chi connectivity index (χ2v) is 7.45. The Morgan fingerprint density at radius 3 is 2.77 bits per heavy atom. The van der Waals surface area contributed by atoms with E-state index in [1.54, 1.807) is 18.2 Å². The van der Waals surface area contributed by atoms with E-state index in [1.807, 2.05) is 0 Å². The summed E-state index contributed by atoms with van der Waals surface area (Å²) in [5.41, 5.74) is 0.101. The highest BCUT2D eigenvalue weighted by molar-refractivity contribution is 8.01. The highest BCUT2D eigenvalue weighted by Crippen LogP contribution is 2.37. The van der Waals surface area contributed by atoms with E-state index in [0.29, 0.717) is 15.3 Å². The van der Waals surface area contributed by atoms with Gasteiger partial charge in [0.25, 0.3) is 5.69 Å². The molecule has 6 nitrogen and oxygen atoms in total. The van der Waals surface area contributed by atoms with Crippen LogP contribution in [0.5, 0.6) is 0 Å². The van der Waals surface area contributed by atoms with Gasteiger partial charge in [0, 0.05) is 12.1 Å². The smallest absolute Gasteiger partial charge is 0.283 e. The summed E-state index contributed by atoms with van der Waals surface area (Å²) in [4.78, 5) is 11.2. The van der Waals surface area contributed by atoms with Gasteiger partial charge in [-0.1, -0.05) is 42.7 Å². The van der Waals surface area contributed by atoms with Crippen LogP contribution in [0.2, 0.25) is 0 Å². The number of nitro groups is 1. The summed E-state index contributed by atoms with van der Waals surface area (Å²) in [6.07, 6.45) is 6.17.